The van der Waals surface area contributed by atoms with E-state index in [9.17, 15) is 0 Å². The zero-order chi connectivity index (χ0) is 15.2. The molecule has 2 aliphatic rings. The fourth-order valence-corrected chi connectivity index (χ4v) is 4.60. The maximum absolute atomic E-state index is 2.77. The minimum Gasteiger partial charge on any atom is -0.303 e. The molecule has 0 aromatic heterocycles. The third kappa shape index (κ3) is 4.96. The van der Waals surface area contributed by atoms with Crippen molar-refractivity contribution < 1.29 is 0 Å². The number of hydrogen-bond donors (Lipinski definition) is 0. The molecular weight excluding hydrogens is 256 g/mol. The van der Waals surface area contributed by atoms with E-state index in [2.05, 4.69) is 37.5 Å². The smallest absolute Gasteiger partial charge is 0.00952 e. The van der Waals surface area contributed by atoms with Crippen LogP contribution in [-0.4, -0.2) is 48.6 Å². The van der Waals surface area contributed by atoms with Crippen LogP contribution in [0.5, 0.6) is 0 Å². The van der Waals surface area contributed by atoms with Gasteiger partial charge in [-0.25, -0.2) is 0 Å². The van der Waals surface area contributed by atoms with E-state index >= 15 is 0 Å². The monoisotopic (exact) mass is 294 g/mol. The van der Waals surface area contributed by atoms with E-state index in [1.54, 1.807) is 0 Å². The molecule has 0 spiro atoms. The summed E-state index contributed by atoms with van der Waals surface area (Å²) in [6.45, 7) is 16.0. The van der Waals surface area contributed by atoms with Crippen LogP contribution >= 0.6 is 0 Å². The zero-order valence-electron chi connectivity index (χ0n) is 15.0. The predicted octanol–water partition coefficient (Wildman–Crippen LogP) is 4.26. The molecule has 0 aromatic carbocycles. The maximum atomic E-state index is 2.77. The minimum atomic E-state index is 0.878. The van der Waals surface area contributed by atoms with E-state index in [1.165, 1.54) is 71.2 Å². The molecule has 0 radical (unpaired) electrons. The first-order chi connectivity index (χ1) is 10.1. The molecule has 124 valence electrons. The Balaban J connectivity index is 1.67. The molecule has 1 saturated heterocycles. The van der Waals surface area contributed by atoms with Crippen LogP contribution in [0.4, 0.5) is 0 Å². The van der Waals surface area contributed by atoms with Gasteiger partial charge in [0.2, 0.25) is 0 Å². The normalized spacial score (nSPS) is 29.4. The van der Waals surface area contributed by atoms with Gasteiger partial charge >= 0.3 is 0 Å². The molecule has 0 unspecified atom stereocenters. The van der Waals surface area contributed by atoms with Crippen molar-refractivity contribution in [3.05, 3.63) is 0 Å². The van der Waals surface area contributed by atoms with Crippen molar-refractivity contribution in [2.24, 2.45) is 17.8 Å². The molecule has 2 rings (SSSR count). The first-order valence-corrected chi connectivity index (χ1v) is 9.60. The Morgan fingerprint density at radius 3 is 1.95 bits per heavy atom. The van der Waals surface area contributed by atoms with Crippen LogP contribution < -0.4 is 0 Å². The second-order valence-electron chi connectivity index (χ2n) is 7.78. The molecule has 21 heavy (non-hydrogen) atoms. The second-order valence-corrected chi connectivity index (χ2v) is 7.78. The molecule has 1 heterocycles. The van der Waals surface area contributed by atoms with Gasteiger partial charge in [0.25, 0.3) is 0 Å². The largest absolute Gasteiger partial charge is 0.303 e. The van der Waals surface area contributed by atoms with Gasteiger partial charge in [-0.05, 0) is 82.5 Å². The molecule has 1 saturated carbocycles. The number of likely N-dealkylation sites (tertiary alicyclic amines) is 1. The summed E-state index contributed by atoms with van der Waals surface area (Å²) >= 11 is 0. The van der Waals surface area contributed by atoms with Crippen LogP contribution in [0.2, 0.25) is 0 Å². The molecule has 2 fully saturated rings. The van der Waals surface area contributed by atoms with Crippen LogP contribution in [0.1, 0.15) is 66.2 Å². The summed E-state index contributed by atoms with van der Waals surface area (Å²) in [5, 5.41) is 0. The Morgan fingerprint density at radius 2 is 1.48 bits per heavy atom. The second kappa shape index (κ2) is 8.53. The third-order valence-electron chi connectivity index (χ3n) is 6.24. The molecule has 0 N–H and O–H groups in total. The van der Waals surface area contributed by atoms with Crippen molar-refractivity contribution in [3.8, 4) is 0 Å². The average Bonchev–Trinajstić information content (AvgIpc) is 2.51. The Kier molecular flexibility index (Phi) is 7.01. The summed E-state index contributed by atoms with van der Waals surface area (Å²) < 4.78 is 0. The lowest BCUT2D eigenvalue weighted by Crippen LogP contribution is -2.42. The van der Waals surface area contributed by atoms with E-state index in [1.807, 2.05) is 0 Å². The summed E-state index contributed by atoms with van der Waals surface area (Å²) in [5.41, 5.74) is 0. The van der Waals surface area contributed by atoms with Gasteiger partial charge in [0, 0.05) is 12.6 Å². The lowest BCUT2D eigenvalue weighted by molar-refractivity contribution is 0.102. The molecular formula is C19H38N2. The highest BCUT2D eigenvalue weighted by atomic mass is 15.1. The molecule has 0 atom stereocenters. The summed E-state index contributed by atoms with van der Waals surface area (Å²) in [6, 6.07) is 0.878. The molecule has 1 aliphatic carbocycles. The van der Waals surface area contributed by atoms with Crippen LogP contribution in [0.3, 0.4) is 0 Å². The van der Waals surface area contributed by atoms with Crippen molar-refractivity contribution in [2.45, 2.75) is 72.3 Å². The number of piperidine rings is 1. The van der Waals surface area contributed by atoms with Gasteiger partial charge in [0.05, 0.1) is 0 Å². The SMILES string of the molecule is CCN(CC)C1CCC(CN2CCC(C(C)C)CC2)CC1. The van der Waals surface area contributed by atoms with E-state index in [0.29, 0.717) is 0 Å². The van der Waals surface area contributed by atoms with Gasteiger partial charge in [0.1, 0.15) is 0 Å². The minimum absolute atomic E-state index is 0.878. The third-order valence-corrected chi connectivity index (χ3v) is 6.24. The predicted molar refractivity (Wildman–Crippen MR) is 92.7 cm³/mol. The van der Waals surface area contributed by atoms with Crippen molar-refractivity contribution in [3.63, 3.8) is 0 Å². The van der Waals surface area contributed by atoms with Gasteiger partial charge in [-0.15, -0.1) is 0 Å². The lowest BCUT2D eigenvalue weighted by atomic mass is 9.83. The Hall–Kier alpha value is -0.0800. The van der Waals surface area contributed by atoms with E-state index in [0.717, 1.165) is 23.8 Å². The first kappa shape index (κ1) is 17.3. The Morgan fingerprint density at radius 1 is 0.905 bits per heavy atom. The molecule has 0 bridgehead atoms. The quantitative estimate of drug-likeness (QED) is 0.722. The summed E-state index contributed by atoms with van der Waals surface area (Å²) in [5.74, 6) is 2.85. The maximum Gasteiger partial charge on any atom is 0.00952 e. The molecule has 1 aliphatic heterocycles. The standard InChI is InChI=1S/C19H38N2/c1-5-21(6-2)19-9-7-17(8-10-19)15-20-13-11-18(12-14-20)16(3)4/h16-19H,5-15H2,1-4H3. The summed E-state index contributed by atoms with van der Waals surface area (Å²) in [6.07, 6.45) is 8.68. The van der Waals surface area contributed by atoms with Crippen LogP contribution in [0.15, 0.2) is 0 Å². The lowest BCUT2D eigenvalue weighted by Gasteiger charge is -2.39. The van der Waals surface area contributed by atoms with Gasteiger partial charge in [-0.1, -0.05) is 27.7 Å². The van der Waals surface area contributed by atoms with E-state index in [-0.39, 0.29) is 0 Å². The van der Waals surface area contributed by atoms with Gasteiger partial charge in [0.15, 0.2) is 0 Å². The van der Waals surface area contributed by atoms with Crippen LogP contribution in [0, 0.1) is 17.8 Å². The summed E-state index contributed by atoms with van der Waals surface area (Å²) in [4.78, 5) is 5.44. The molecule has 2 heteroatoms. The number of hydrogen-bond acceptors (Lipinski definition) is 2. The fraction of sp³-hybridized carbons (Fsp3) is 1.00. The fourth-order valence-electron chi connectivity index (χ4n) is 4.60. The van der Waals surface area contributed by atoms with Crippen molar-refractivity contribution >= 4 is 0 Å². The van der Waals surface area contributed by atoms with Crippen molar-refractivity contribution in [1.29, 1.82) is 0 Å². The Bertz CT molecular complexity index is 269. The highest BCUT2D eigenvalue weighted by Crippen LogP contribution is 2.30. The van der Waals surface area contributed by atoms with Crippen molar-refractivity contribution in [2.75, 3.05) is 32.7 Å². The van der Waals surface area contributed by atoms with Gasteiger partial charge < -0.3 is 9.80 Å². The first-order valence-electron chi connectivity index (χ1n) is 9.60. The molecule has 2 nitrogen and oxygen atoms in total. The molecule has 0 amide bonds. The highest BCUT2D eigenvalue weighted by molar-refractivity contribution is 4.82. The van der Waals surface area contributed by atoms with Gasteiger partial charge in [-0.3, -0.25) is 0 Å². The van der Waals surface area contributed by atoms with E-state index < -0.39 is 0 Å². The van der Waals surface area contributed by atoms with E-state index in [4.69, 9.17) is 0 Å². The highest BCUT2D eigenvalue weighted by Gasteiger charge is 2.27. The van der Waals surface area contributed by atoms with Crippen molar-refractivity contribution in [1.82, 2.24) is 9.80 Å². The van der Waals surface area contributed by atoms with Gasteiger partial charge in [-0.2, -0.15) is 0 Å². The summed E-state index contributed by atoms with van der Waals surface area (Å²) in [7, 11) is 0. The topological polar surface area (TPSA) is 6.48 Å². The average molecular weight is 295 g/mol. The van der Waals surface area contributed by atoms with Crippen LogP contribution in [-0.2, 0) is 0 Å². The number of rotatable bonds is 6. The molecule has 0 aromatic rings. The van der Waals surface area contributed by atoms with Crippen LogP contribution in [0.25, 0.3) is 0 Å². The Labute approximate surface area is 133 Å². The number of nitrogens with zero attached hydrogens (tertiary/aromatic N) is 2. The zero-order valence-corrected chi connectivity index (χ0v) is 15.0.